The van der Waals surface area contributed by atoms with E-state index in [-0.39, 0.29) is 0 Å². The minimum absolute atomic E-state index is 0.315. The van der Waals surface area contributed by atoms with Crippen molar-refractivity contribution in [1.29, 1.82) is 0 Å². The second-order valence-electron chi connectivity index (χ2n) is 4.40. The monoisotopic (exact) mass is 236 g/mol. The number of benzene rings is 1. The number of hydrogen-bond acceptors (Lipinski definition) is 2. The summed E-state index contributed by atoms with van der Waals surface area (Å²) in [7, 11) is 1.64. The maximum absolute atomic E-state index is 5.48. The third-order valence-electron chi connectivity index (χ3n) is 2.95. The lowest BCUT2D eigenvalue weighted by Gasteiger charge is -2.16. The van der Waals surface area contributed by atoms with Gasteiger partial charge in [0.05, 0.1) is 0 Å². The van der Waals surface area contributed by atoms with Crippen molar-refractivity contribution in [3.05, 3.63) is 29.8 Å². The average molecular weight is 236 g/mol. The average Bonchev–Trinajstić information content (AvgIpc) is 2.36. The van der Waals surface area contributed by atoms with Crippen LogP contribution in [0.15, 0.2) is 24.3 Å². The van der Waals surface area contributed by atoms with Crippen LogP contribution in [0.25, 0.3) is 0 Å². The van der Waals surface area contributed by atoms with Gasteiger partial charge in [0.15, 0.2) is 6.79 Å². The molecule has 0 atom stereocenters. The normalized spacial score (nSPS) is 10.8. The van der Waals surface area contributed by atoms with Gasteiger partial charge in [0.1, 0.15) is 5.75 Å². The van der Waals surface area contributed by atoms with E-state index in [1.807, 2.05) is 6.07 Å². The van der Waals surface area contributed by atoms with Crippen molar-refractivity contribution in [1.82, 2.24) is 0 Å². The molecule has 0 heterocycles. The van der Waals surface area contributed by atoms with Gasteiger partial charge in [0.2, 0.25) is 0 Å². The van der Waals surface area contributed by atoms with Gasteiger partial charge in [-0.25, -0.2) is 0 Å². The molecule has 0 spiro atoms. The summed E-state index contributed by atoms with van der Waals surface area (Å²) in [6.45, 7) is 4.80. The summed E-state index contributed by atoms with van der Waals surface area (Å²) < 4.78 is 10.4. The van der Waals surface area contributed by atoms with E-state index in [9.17, 15) is 0 Å². The van der Waals surface area contributed by atoms with Gasteiger partial charge in [0, 0.05) is 7.11 Å². The maximum Gasteiger partial charge on any atom is 0.188 e. The molecular formula is C15H24O2. The minimum atomic E-state index is 0.315. The van der Waals surface area contributed by atoms with E-state index in [0.717, 1.165) is 5.75 Å². The van der Waals surface area contributed by atoms with Crippen LogP contribution in [-0.2, 0) is 4.74 Å². The van der Waals surface area contributed by atoms with Crippen LogP contribution in [-0.4, -0.2) is 13.9 Å². The fourth-order valence-corrected chi connectivity index (χ4v) is 2.16. The summed E-state index contributed by atoms with van der Waals surface area (Å²) in [5, 5.41) is 0. The highest BCUT2D eigenvalue weighted by Gasteiger charge is 2.10. The van der Waals surface area contributed by atoms with E-state index in [2.05, 4.69) is 32.0 Å². The molecule has 0 aliphatic carbocycles. The Morgan fingerprint density at radius 2 is 1.82 bits per heavy atom. The summed E-state index contributed by atoms with van der Waals surface area (Å²) >= 11 is 0. The summed E-state index contributed by atoms with van der Waals surface area (Å²) in [5.41, 5.74) is 1.39. The quantitative estimate of drug-likeness (QED) is 0.625. The predicted molar refractivity (Wildman–Crippen MR) is 71.5 cm³/mol. The van der Waals surface area contributed by atoms with E-state index < -0.39 is 0 Å². The highest BCUT2D eigenvalue weighted by atomic mass is 16.7. The first-order valence-corrected chi connectivity index (χ1v) is 6.53. The molecule has 1 aromatic rings. The van der Waals surface area contributed by atoms with E-state index in [1.165, 1.54) is 31.2 Å². The Morgan fingerprint density at radius 1 is 1.12 bits per heavy atom. The van der Waals surface area contributed by atoms with E-state index >= 15 is 0 Å². The Hall–Kier alpha value is -1.02. The van der Waals surface area contributed by atoms with Gasteiger partial charge < -0.3 is 9.47 Å². The molecule has 0 amide bonds. The molecule has 0 saturated heterocycles. The molecule has 17 heavy (non-hydrogen) atoms. The molecule has 0 aromatic heterocycles. The number of ether oxygens (including phenoxy) is 2. The van der Waals surface area contributed by atoms with Crippen molar-refractivity contribution in [2.24, 2.45) is 0 Å². The molecule has 0 saturated carbocycles. The largest absolute Gasteiger partial charge is 0.468 e. The molecule has 0 aliphatic heterocycles. The van der Waals surface area contributed by atoms with Crippen molar-refractivity contribution in [2.45, 2.75) is 45.4 Å². The molecule has 0 unspecified atom stereocenters. The maximum atomic E-state index is 5.48. The Labute approximate surface area is 105 Å². The molecule has 0 N–H and O–H groups in total. The van der Waals surface area contributed by atoms with Gasteiger partial charge in [-0.05, 0) is 36.5 Å². The Bertz CT molecular complexity index is 304. The first-order valence-electron chi connectivity index (χ1n) is 6.53. The lowest BCUT2D eigenvalue weighted by Crippen LogP contribution is -2.01. The zero-order valence-electron chi connectivity index (χ0n) is 11.2. The number of hydrogen-bond donors (Lipinski definition) is 0. The van der Waals surface area contributed by atoms with E-state index in [1.54, 1.807) is 7.11 Å². The number of rotatable bonds is 8. The Balaban J connectivity index is 2.72. The molecule has 0 aliphatic rings. The molecule has 0 fully saturated rings. The Morgan fingerprint density at radius 3 is 2.41 bits per heavy atom. The molecule has 1 rings (SSSR count). The van der Waals surface area contributed by atoms with Gasteiger partial charge in [-0.15, -0.1) is 0 Å². The van der Waals surface area contributed by atoms with Crippen molar-refractivity contribution >= 4 is 0 Å². The standard InChI is InChI=1S/C15H24O2/c1-4-7-13(8-5-2)14-9-6-10-15(11-14)17-12-16-3/h6,9-11,13H,4-5,7-8,12H2,1-3H3. The fraction of sp³-hybridized carbons (Fsp3) is 0.600. The molecule has 0 radical (unpaired) electrons. The summed E-state index contributed by atoms with van der Waals surface area (Å²) in [5.74, 6) is 1.57. The van der Waals surface area contributed by atoms with Crippen LogP contribution < -0.4 is 4.74 Å². The van der Waals surface area contributed by atoms with Crippen molar-refractivity contribution in [3.63, 3.8) is 0 Å². The lowest BCUT2D eigenvalue weighted by atomic mass is 9.90. The summed E-state index contributed by atoms with van der Waals surface area (Å²) in [6, 6.07) is 8.40. The second kappa shape index (κ2) is 8.13. The third kappa shape index (κ3) is 4.78. The third-order valence-corrected chi connectivity index (χ3v) is 2.95. The highest BCUT2D eigenvalue weighted by Crippen LogP contribution is 2.28. The van der Waals surface area contributed by atoms with Crippen LogP contribution >= 0.6 is 0 Å². The van der Waals surface area contributed by atoms with Crippen LogP contribution in [0.2, 0.25) is 0 Å². The Kier molecular flexibility index (Phi) is 6.71. The molecule has 96 valence electrons. The summed E-state index contributed by atoms with van der Waals surface area (Å²) in [4.78, 5) is 0. The molecule has 0 bridgehead atoms. The van der Waals surface area contributed by atoms with Gasteiger partial charge in [-0.1, -0.05) is 38.8 Å². The van der Waals surface area contributed by atoms with Gasteiger partial charge in [-0.2, -0.15) is 0 Å². The van der Waals surface area contributed by atoms with Gasteiger partial charge in [0.25, 0.3) is 0 Å². The fourth-order valence-electron chi connectivity index (χ4n) is 2.16. The van der Waals surface area contributed by atoms with Crippen LogP contribution in [0.1, 0.15) is 51.0 Å². The molecular weight excluding hydrogens is 212 g/mol. The first-order chi connectivity index (χ1) is 8.31. The smallest absolute Gasteiger partial charge is 0.188 e. The van der Waals surface area contributed by atoms with Gasteiger partial charge >= 0.3 is 0 Å². The van der Waals surface area contributed by atoms with Crippen LogP contribution in [0, 0.1) is 0 Å². The SMILES string of the molecule is CCCC(CCC)c1cccc(OCOC)c1. The minimum Gasteiger partial charge on any atom is -0.468 e. The topological polar surface area (TPSA) is 18.5 Å². The van der Waals surface area contributed by atoms with Crippen LogP contribution in [0.5, 0.6) is 5.75 Å². The zero-order valence-corrected chi connectivity index (χ0v) is 11.2. The molecule has 2 nitrogen and oxygen atoms in total. The highest BCUT2D eigenvalue weighted by molar-refractivity contribution is 5.30. The van der Waals surface area contributed by atoms with Crippen molar-refractivity contribution in [3.8, 4) is 5.75 Å². The second-order valence-corrected chi connectivity index (χ2v) is 4.40. The lowest BCUT2D eigenvalue weighted by molar-refractivity contribution is 0.0510. The van der Waals surface area contributed by atoms with Crippen molar-refractivity contribution in [2.75, 3.05) is 13.9 Å². The summed E-state index contributed by atoms with van der Waals surface area (Å²) in [6.07, 6.45) is 4.96. The first kappa shape index (κ1) is 14.0. The molecule has 1 aromatic carbocycles. The van der Waals surface area contributed by atoms with Crippen LogP contribution in [0.3, 0.4) is 0 Å². The predicted octanol–water partition coefficient (Wildman–Crippen LogP) is 4.35. The van der Waals surface area contributed by atoms with E-state index in [4.69, 9.17) is 9.47 Å². The number of methoxy groups -OCH3 is 1. The van der Waals surface area contributed by atoms with E-state index in [0.29, 0.717) is 12.7 Å². The molecule has 2 heteroatoms. The zero-order chi connectivity index (χ0) is 12.5. The van der Waals surface area contributed by atoms with Crippen molar-refractivity contribution < 1.29 is 9.47 Å². The van der Waals surface area contributed by atoms with Crippen LogP contribution in [0.4, 0.5) is 0 Å². The van der Waals surface area contributed by atoms with Gasteiger partial charge in [-0.3, -0.25) is 0 Å².